The summed E-state index contributed by atoms with van der Waals surface area (Å²) >= 11 is 3.36. The van der Waals surface area contributed by atoms with Crippen molar-refractivity contribution in [3.63, 3.8) is 0 Å². The van der Waals surface area contributed by atoms with Crippen molar-refractivity contribution in [3.8, 4) is 0 Å². The number of rotatable bonds is 5. The molecule has 0 aromatic heterocycles. The van der Waals surface area contributed by atoms with Gasteiger partial charge in [0.2, 0.25) is 5.91 Å². The van der Waals surface area contributed by atoms with Gasteiger partial charge < -0.3 is 0 Å². The van der Waals surface area contributed by atoms with Gasteiger partial charge in [-0.3, -0.25) is 4.79 Å². The Bertz CT molecular complexity index is 682. The van der Waals surface area contributed by atoms with Gasteiger partial charge in [-0.15, -0.1) is 0 Å². The zero-order valence-electron chi connectivity index (χ0n) is 11.7. The molecule has 3 nitrogen and oxygen atoms in total. The Morgan fingerprint density at radius 1 is 1.14 bits per heavy atom. The molecule has 0 aliphatic carbocycles. The van der Waals surface area contributed by atoms with Gasteiger partial charge in [-0.05, 0) is 45.3 Å². The summed E-state index contributed by atoms with van der Waals surface area (Å²) in [4.78, 5) is 11.7. The Morgan fingerprint density at radius 3 is 2.50 bits per heavy atom. The van der Waals surface area contributed by atoms with Crippen molar-refractivity contribution in [2.75, 3.05) is 0 Å². The number of amides is 1. The van der Waals surface area contributed by atoms with Gasteiger partial charge in [0.15, 0.2) is 0 Å². The maximum atomic E-state index is 12.8. The standard InChI is InChI=1S/C17H14BrFN2O/c18-15(10-13-4-2-1-3-5-13)12-20-21-17(22)11-14-6-8-16(19)9-7-14/h1-10,12H,11H2,(H,21,22)/b15-10-,20-12-. The van der Waals surface area contributed by atoms with Crippen molar-refractivity contribution >= 4 is 34.1 Å². The fraction of sp³-hybridized carbons (Fsp3) is 0.0588. The third-order valence-electron chi connectivity index (χ3n) is 2.76. The summed E-state index contributed by atoms with van der Waals surface area (Å²) in [5.74, 6) is -0.583. The normalized spacial score (nSPS) is 11.6. The summed E-state index contributed by atoms with van der Waals surface area (Å²) in [7, 11) is 0. The lowest BCUT2D eigenvalue weighted by molar-refractivity contribution is -0.120. The quantitative estimate of drug-likeness (QED) is 0.637. The van der Waals surface area contributed by atoms with E-state index >= 15 is 0 Å². The number of allylic oxidation sites excluding steroid dienone is 1. The van der Waals surface area contributed by atoms with Crippen LogP contribution in [-0.4, -0.2) is 12.1 Å². The van der Waals surface area contributed by atoms with Crippen LogP contribution in [0.3, 0.4) is 0 Å². The zero-order valence-corrected chi connectivity index (χ0v) is 13.3. The highest BCUT2D eigenvalue weighted by Crippen LogP contribution is 2.09. The molecule has 0 spiro atoms. The fourth-order valence-electron chi connectivity index (χ4n) is 1.74. The van der Waals surface area contributed by atoms with Crippen LogP contribution in [0.4, 0.5) is 4.39 Å². The fourth-order valence-corrected chi connectivity index (χ4v) is 2.11. The number of nitrogens with one attached hydrogen (secondary N) is 1. The molecule has 2 aromatic rings. The Labute approximate surface area is 136 Å². The minimum atomic E-state index is -0.322. The second-order valence-corrected chi connectivity index (χ2v) is 5.45. The van der Waals surface area contributed by atoms with Crippen molar-refractivity contribution < 1.29 is 9.18 Å². The Hall–Kier alpha value is -2.27. The molecule has 1 amide bonds. The van der Waals surface area contributed by atoms with E-state index in [1.165, 1.54) is 18.3 Å². The molecule has 1 N–H and O–H groups in total. The van der Waals surface area contributed by atoms with E-state index < -0.39 is 0 Å². The Kier molecular flexibility index (Phi) is 6.03. The summed E-state index contributed by atoms with van der Waals surface area (Å²) < 4.78 is 13.5. The molecule has 0 fully saturated rings. The predicted molar refractivity (Wildman–Crippen MR) is 90.1 cm³/mol. The Morgan fingerprint density at radius 2 is 1.82 bits per heavy atom. The highest BCUT2D eigenvalue weighted by atomic mass is 79.9. The lowest BCUT2D eigenvalue weighted by Crippen LogP contribution is -2.19. The van der Waals surface area contributed by atoms with Crippen molar-refractivity contribution in [2.45, 2.75) is 6.42 Å². The molecule has 0 radical (unpaired) electrons. The van der Waals surface area contributed by atoms with Gasteiger partial charge in [-0.1, -0.05) is 42.5 Å². The molecule has 112 valence electrons. The van der Waals surface area contributed by atoms with Gasteiger partial charge >= 0.3 is 0 Å². The summed E-state index contributed by atoms with van der Waals surface area (Å²) in [6.45, 7) is 0. The van der Waals surface area contributed by atoms with Crippen LogP contribution in [-0.2, 0) is 11.2 Å². The van der Waals surface area contributed by atoms with Crippen molar-refractivity contribution in [3.05, 3.63) is 76.0 Å². The van der Waals surface area contributed by atoms with Gasteiger partial charge in [0.05, 0.1) is 12.6 Å². The number of carbonyl (C=O) groups excluding carboxylic acids is 1. The first-order valence-electron chi connectivity index (χ1n) is 6.62. The minimum Gasteiger partial charge on any atom is -0.273 e. The molecule has 2 aromatic carbocycles. The highest BCUT2D eigenvalue weighted by Gasteiger charge is 2.02. The summed E-state index contributed by atoms with van der Waals surface area (Å²) in [5.41, 5.74) is 4.18. The smallest absolute Gasteiger partial charge is 0.244 e. The molecule has 0 saturated carbocycles. The third kappa shape index (κ3) is 5.61. The first-order chi connectivity index (χ1) is 10.6. The molecular weight excluding hydrogens is 347 g/mol. The summed E-state index contributed by atoms with van der Waals surface area (Å²) in [6, 6.07) is 15.5. The zero-order chi connectivity index (χ0) is 15.8. The van der Waals surface area contributed by atoms with Crippen LogP contribution in [0.15, 0.2) is 64.2 Å². The maximum absolute atomic E-state index is 12.8. The van der Waals surface area contributed by atoms with Gasteiger partial charge in [-0.25, -0.2) is 9.82 Å². The lowest BCUT2D eigenvalue weighted by Gasteiger charge is -2.00. The molecule has 0 atom stereocenters. The predicted octanol–water partition coefficient (Wildman–Crippen LogP) is 3.91. The first-order valence-corrected chi connectivity index (χ1v) is 7.41. The molecular formula is C17H14BrFN2O. The number of carbonyl (C=O) groups is 1. The van der Waals surface area contributed by atoms with E-state index in [2.05, 4.69) is 26.5 Å². The summed E-state index contributed by atoms with van der Waals surface area (Å²) in [6.07, 6.45) is 3.54. The molecule has 0 aliphatic rings. The van der Waals surface area contributed by atoms with E-state index in [1.807, 2.05) is 36.4 Å². The van der Waals surface area contributed by atoms with Crippen LogP contribution < -0.4 is 5.43 Å². The van der Waals surface area contributed by atoms with E-state index in [0.29, 0.717) is 0 Å². The average molecular weight is 361 g/mol. The van der Waals surface area contributed by atoms with Crippen LogP contribution in [0.25, 0.3) is 6.08 Å². The van der Waals surface area contributed by atoms with Gasteiger partial charge in [-0.2, -0.15) is 5.10 Å². The van der Waals surface area contributed by atoms with E-state index in [1.54, 1.807) is 12.1 Å². The largest absolute Gasteiger partial charge is 0.273 e. The van der Waals surface area contributed by atoms with Crippen LogP contribution >= 0.6 is 15.9 Å². The Balaban J connectivity index is 1.85. The summed E-state index contributed by atoms with van der Waals surface area (Å²) in [5, 5.41) is 3.87. The third-order valence-corrected chi connectivity index (χ3v) is 3.19. The number of nitrogens with zero attached hydrogens (tertiary/aromatic N) is 1. The monoisotopic (exact) mass is 360 g/mol. The van der Waals surface area contributed by atoms with Crippen molar-refractivity contribution in [1.82, 2.24) is 5.43 Å². The maximum Gasteiger partial charge on any atom is 0.244 e. The molecule has 0 bridgehead atoms. The van der Waals surface area contributed by atoms with E-state index in [-0.39, 0.29) is 18.1 Å². The number of halogens is 2. The number of hydrogen-bond acceptors (Lipinski definition) is 2. The number of hydrazone groups is 1. The second-order valence-electron chi connectivity index (χ2n) is 4.54. The molecule has 22 heavy (non-hydrogen) atoms. The average Bonchev–Trinajstić information content (AvgIpc) is 2.50. The van der Waals surface area contributed by atoms with Gasteiger partial charge in [0.1, 0.15) is 5.82 Å². The molecule has 2 rings (SSSR count). The van der Waals surface area contributed by atoms with Crippen LogP contribution in [0.5, 0.6) is 0 Å². The first kappa shape index (κ1) is 16.1. The molecule has 5 heteroatoms. The highest BCUT2D eigenvalue weighted by molar-refractivity contribution is 9.12. The van der Waals surface area contributed by atoms with Crippen LogP contribution in [0.2, 0.25) is 0 Å². The van der Waals surface area contributed by atoms with Crippen molar-refractivity contribution in [1.29, 1.82) is 0 Å². The van der Waals surface area contributed by atoms with E-state index in [9.17, 15) is 9.18 Å². The van der Waals surface area contributed by atoms with E-state index in [4.69, 9.17) is 0 Å². The van der Waals surface area contributed by atoms with Crippen LogP contribution in [0.1, 0.15) is 11.1 Å². The molecule has 0 heterocycles. The second kappa shape index (κ2) is 8.24. The van der Waals surface area contributed by atoms with Crippen LogP contribution in [0, 0.1) is 5.82 Å². The molecule has 0 unspecified atom stereocenters. The minimum absolute atomic E-state index is 0.150. The van der Waals surface area contributed by atoms with Gasteiger partial charge in [0, 0.05) is 4.48 Å². The molecule has 0 saturated heterocycles. The van der Waals surface area contributed by atoms with Gasteiger partial charge in [0.25, 0.3) is 0 Å². The molecule has 0 aliphatic heterocycles. The number of benzene rings is 2. The van der Waals surface area contributed by atoms with E-state index in [0.717, 1.165) is 15.6 Å². The SMILES string of the molecule is O=C(Cc1ccc(F)cc1)N/N=C\C(Br)=C\c1ccccc1. The van der Waals surface area contributed by atoms with Crippen molar-refractivity contribution in [2.24, 2.45) is 5.10 Å². The number of hydrogen-bond donors (Lipinski definition) is 1. The lowest BCUT2D eigenvalue weighted by atomic mass is 10.1. The topological polar surface area (TPSA) is 41.5 Å².